The lowest BCUT2D eigenvalue weighted by atomic mass is 10.1. The topological polar surface area (TPSA) is 453 Å². The van der Waals surface area contributed by atoms with Crippen LogP contribution < -0.4 is 43.9 Å². The van der Waals surface area contributed by atoms with Gasteiger partial charge in [-0.2, -0.15) is 9.97 Å². The molecule has 0 aliphatic carbocycles. The van der Waals surface area contributed by atoms with Gasteiger partial charge in [0.2, 0.25) is 11.9 Å². The van der Waals surface area contributed by atoms with Crippen molar-refractivity contribution in [1.29, 1.82) is 0 Å². The van der Waals surface area contributed by atoms with Crippen molar-refractivity contribution in [2.24, 2.45) is 0 Å². The number of benzene rings is 2. The van der Waals surface area contributed by atoms with Crippen molar-refractivity contribution in [3.8, 4) is 0 Å². The van der Waals surface area contributed by atoms with E-state index >= 15 is 0 Å². The highest BCUT2D eigenvalue weighted by molar-refractivity contribution is 6.02. The average molecular weight is 980 g/mol. The molecular formula is C42H41N15O14. The smallest absolute Gasteiger partial charge is 0.333 e. The molecule has 1 fully saturated rings. The number of anilines is 4. The molecule has 0 spiro atoms. The number of carboxylic acids is 3. The Kier molecular flexibility index (Phi) is 16.1. The number of amides is 4. The van der Waals surface area contributed by atoms with Gasteiger partial charge in [-0.1, -0.05) is 0 Å². The predicted octanol–water partition coefficient (Wildman–Crippen LogP) is -0.567. The molecule has 1 aliphatic heterocycles. The van der Waals surface area contributed by atoms with Gasteiger partial charge in [-0.25, -0.2) is 34.3 Å². The van der Waals surface area contributed by atoms with Gasteiger partial charge in [-0.15, -0.1) is 5.06 Å². The van der Waals surface area contributed by atoms with Crippen LogP contribution in [0.2, 0.25) is 0 Å². The number of H-pyrrole nitrogens is 2. The lowest BCUT2D eigenvalue weighted by Gasteiger charge is -2.16. The number of carboxylic acid groups (broad SMARTS) is 3. The number of carbonyl (C=O) groups excluding carboxylic acids is 5. The fourth-order valence-electron chi connectivity index (χ4n) is 6.31. The Morgan fingerprint density at radius 3 is 1.42 bits per heavy atom. The van der Waals surface area contributed by atoms with Gasteiger partial charge in [-0.05, 0) is 61.4 Å². The van der Waals surface area contributed by atoms with E-state index in [1.807, 2.05) is 0 Å². The quantitative estimate of drug-likeness (QED) is 0.0453. The molecule has 29 nitrogen and oxygen atoms in total. The lowest BCUT2D eigenvalue weighted by Crippen LogP contribution is -2.41. The maximum Gasteiger partial charge on any atom is 0.333 e. The van der Waals surface area contributed by atoms with Crippen LogP contribution in [0.3, 0.4) is 0 Å². The Bertz CT molecular complexity index is 3150. The maximum atomic E-state index is 12.6. The summed E-state index contributed by atoms with van der Waals surface area (Å²) < 4.78 is 0. The fourth-order valence-corrected chi connectivity index (χ4v) is 6.31. The van der Waals surface area contributed by atoms with Crippen molar-refractivity contribution >= 4 is 93.1 Å². The highest BCUT2D eigenvalue weighted by atomic mass is 16.7. The summed E-state index contributed by atoms with van der Waals surface area (Å²) in [7, 11) is 0. The molecule has 0 bridgehead atoms. The molecule has 2 atom stereocenters. The number of hydrogen-bond acceptors (Lipinski definition) is 21. The summed E-state index contributed by atoms with van der Waals surface area (Å²) in [6, 6.07) is 9.51. The molecule has 1 aliphatic rings. The van der Waals surface area contributed by atoms with E-state index in [1.54, 1.807) is 24.3 Å². The highest BCUT2D eigenvalue weighted by Gasteiger charge is 2.33. The summed E-state index contributed by atoms with van der Waals surface area (Å²) in [6.45, 7) is 0.429. The molecule has 5 heterocycles. The van der Waals surface area contributed by atoms with E-state index < -0.39 is 77.1 Å². The molecule has 2 aromatic carbocycles. The number of nitrogens with zero attached hydrogens (tertiary/aromatic N) is 7. The monoisotopic (exact) mass is 979 g/mol. The first-order chi connectivity index (χ1) is 33.8. The second-order valence-corrected chi connectivity index (χ2v) is 15.1. The zero-order valence-electron chi connectivity index (χ0n) is 36.7. The number of fused-ring (bicyclic) bond motifs is 2. The third-order valence-electron chi connectivity index (χ3n) is 9.90. The minimum atomic E-state index is -1.42. The normalized spacial score (nSPS) is 12.8. The Labute approximate surface area is 396 Å². The molecule has 1 saturated heterocycles. The van der Waals surface area contributed by atoms with Crippen LogP contribution in [-0.2, 0) is 46.7 Å². The lowest BCUT2D eigenvalue weighted by molar-refractivity contribution is -0.197. The third kappa shape index (κ3) is 13.8. The van der Waals surface area contributed by atoms with Gasteiger partial charge in [0, 0.05) is 41.8 Å². The van der Waals surface area contributed by atoms with Gasteiger partial charge in [0.05, 0.1) is 43.3 Å². The second kappa shape index (κ2) is 22.7. The molecule has 29 heteroatoms. The molecular weight excluding hydrogens is 939 g/mol. The van der Waals surface area contributed by atoms with Gasteiger partial charge in [-0.3, -0.25) is 43.5 Å². The van der Waals surface area contributed by atoms with Crippen molar-refractivity contribution in [3.05, 3.63) is 104 Å². The first-order valence-electron chi connectivity index (χ1n) is 20.9. The minimum Gasteiger partial charge on any atom is -0.481 e. The number of hydrogen-bond donors (Lipinski definition) is 11. The number of carbonyl (C=O) groups is 8. The SMILES string of the molecule is Nc1nc2ncc(CNc3ccc(C(=O)NC(CCC(=O)O)C(=O)O)cc3)nc2c(=O)[nH]1.Nc1nc2ncc(CNc3ccc(C(=O)NC(CCC(=O)ON4C(=O)CCC4=O)C(=O)O)cc3)nc2c(=O)[nH]1. The molecule has 6 aromatic rings. The first kappa shape index (κ1) is 50.5. The highest BCUT2D eigenvalue weighted by Crippen LogP contribution is 2.16. The molecule has 0 radical (unpaired) electrons. The summed E-state index contributed by atoms with van der Waals surface area (Å²) in [4.78, 5) is 151. The third-order valence-corrected chi connectivity index (χ3v) is 9.90. The number of aliphatic carboxylic acids is 3. The van der Waals surface area contributed by atoms with Gasteiger partial charge in [0.1, 0.15) is 12.1 Å². The van der Waals surface area contributed by atoms with Crippen molar-refractivity contribution in [3.63, 3.8) is 0 Å². The van der Waals surface area contributed by atoms with Crippen LogP contribution in [0.4, 0.5) is 23.3 Å². The number of aromatic amines is 2. The van der Waals surface area contributed by atoms with Crippen molar-refractivity contribution in [1.82, 2.24) is 55.6 Å². The Morgan fingerprint density at radius 1 is 0.620 bits per heavy atom. The van der Waals surface area contributed by atoms with Gasteiger partial charge in [0.25, 0.3) is 34.7 Å². The largest absolute Gasteiger partial charge is 0.481 e. The zero-order valence-corrected chi connectivity index (χ0v) is 36.7. The Morgan fingerprint density at radius 2 is 1.03 bits per heavy atom. The van der Waals surface area contributed by atoms with Gasteiger partial charge in [0.15, 0.2) is 22.3 Å². The van der Waals surface area contributed by atoms with Gasteiger partial charge >= 0.3 is 23.9 Å². The summed E-state index contributed by atoms with van der Waals surface area (Å²) in [6.07, 6.45) is 1.36. The molecule has 0 saturated carbocycles. The number of nitrogens with two attached hydrogens (primary N) is 2. The van der Waals surface area contributed by atoms with E-state index in [9.17, 15) is 53.1 Å². The molecule has 7 rings (SSSR count). The Hall–Kier alpha value is -9.96. The van der Waals surface area contributed by atoms with Crippen LogP contribution in [0.15, 0.2) is 70.5 Å². The van der Waals surface area contributed by atoms with Crippen LogP contribution in [0.25, 0.3) is 22.3 Å². The second-order valence-electron chi connectivity index (χ2n) is 15.1. The number of aromatic nitrogens is 8. The van der Waals surface area contributed by atoms with E-state index in [1.165, 1.54) is 36.7 Å². The molecule has 71 heavy (non-hydrogen) atoms. The average Bonchev–Trinajstić information content (AvgIpc) is 3.65. The van der Waals surface area contributed by atoms with Gasteiger partial charge < -0.3 is 52.9 Å². The molecule has 2 unspecified atom stereocenters. The van der Waals surface area contributed by atoms with E-state index in [2.05, 4.69) is 61.1 Å². The predicted molar refractivity (Wildman–Crippen MR) is 243 cm³/mol. The summed E-state index contributed by atoms with van der Waals surface area (Å²) in [5.74, 6) is -7.58. The van der Waals surface area contributed by atoms with Crippen molar-refractivity contribution in [2.75, 3.05) is 22.1 Å². The van der Waals surface area contributed by atoms with Crippen LogP contribution in [0.5, 0.6) is 0 Å². The van der Waals surface area contributed by atoms with Crippen LogP contribution in [-0.4, -0.2) is 120 Å². The fraction of sp³-hybridized carbons (Fsp3) is 0.238. The number of nitrogens with one attached hydrogen (secondary N) is 6. The van der Waals surface area contributed by atoms with Crippen molar-refractivity contribution in [2.45, 2.75) is 63.7 Å². The maximum absolute atomic E-state index is 12.6. The zero-order chi connectivity index (χ0) is 51.4. The van der Waals surface area contributed by atoms with Crippen LogP contribution in [0.1, 0.15) is 70.6 Å². The van der Waals surface area contributed by atoms with E-state index in [0.717, 1.165) is 0 Å². The standard InChI is InChI=1S/C23H22N8O8.C19H19N7O6/c24-23-29-19-18(21(36)30-23)27-13(10-26-19)9-25-12-3-1-11(2-4-12)20(35)28-14(22(37)38)5-8-17(34)39-31-15(32)6-7-16(31)33;20-19-25-15-14(17(30)26-19)23-11(8-22-15)7-21-10-3-1-9(2-4-10)16(29)24-12(18(31)32)5-6-13(27)28/h1-4,10,14,25H,5-9H2,(H,28,35)(H,37,38)(H3,24,26,29,30,36);1-4,8,12,21H,5-7H2,(H,24,29)(H,27,28)(H,31,32)(H3,20,22,25,26,30). The molecule has 4 amide bonds. The molecule has 13 N–H and O–H groups in total. The summed E-state index contributed by atoms with van der Waals surface area (Å²) in [5, 5.41) is 38.4. The van der Waals surface area contributed by atoms with E-state index in [0.29, 0.717) is 27.8 Å². The summed E-state index contributed by atoms with van der Waals surface area (Å²) >= 11 is 0. The summed E-state index contributed by atoms with van der Waals surface area (Å²) in [5.41, 5.74) is 12.8. The number of imide groups is 1. The number of rotatable bonds is 19. The van der Waals surface area contributed by atoms with E-state index in [4.69, 9.17) is 26.5 Å². The molecule has 368 valence electrons. The van der Waals surface area contributed by atoms with Crippen LogP contribution in [0, 0.1) is 0 Å². The van der Waals surface area contributed by atoms with Crippen molar-refractivity contribution < 1.29 is 58.5 Å². The number of hydroxylamine groups is 2. The minimum absolute atomic E-state index is 0.0368. The first-order valence-corrected chi connectivity index (χ1v) is 20.9. The van der Waals surface area contributed by atoms with E-state index in [-0.39, 0.29) is 90.5 Å². The molecule has 4 aromatic heterocycles. The number of nitrogen functional groups attached to an aromatic ring is 2. The van der Waals surface area contributed by atoms with Crippen LogP contribution >= 0.6 is 0 Å². The Balaban J connectivity index is 0.000000237.